The lowest BCUT2D eigenvalue weighted by Crippen LogP contribution is -2.40. The average molecular weight is 381 g/mol. The fourth-order valence-electron chi connectivity index (χ4n) is 2.39. The number of anilines is 2. The molecular formula is C22H27N3O3. The largest absolute Gasteiger partial charge is 0.489 e. The van der Waals surface area contributed by atoms with Gasteiger partial charge in [-0.3, -0.25) is 9.59 Å². The van der Waals surface area contributed by atoms with Crippen LogP contribution in [0.25, 0.3) is 0 Å². The molecule has 0 spiro atoms. The SMILES string of the molecule is C=CCOc1cccc(NCC(=O)Nc2cccc(C(=O)NC(C)(C)C)c2)c1. The normalized spacial score (nSPS) is 10.7. The Bertz CT molecular complexity index is 841. The molecule has 0 radical (unpaired) electrons. The molecule has 3 N–H and O–H groups in total. The summed E-state index contributed by atoms with van der Waals surface area (Å²) in [4.78, 5) is 24.5. The van der Waals surface area contributed by atoms with Gasteiger partial charge in [-0.1, -0.05) is 24.8 Å². The van der Waals surface area contributed by atoms with Crippen molar-refractivity contribution in [2.45, 2.75) is 26.3 Å². The molecule has 2 aromatic rings. The minimum Gasteiger partial charge on any atom is -0.489 e. The standard InChI is InChI=1S/C22H27N3O3/c1-5-12-28-19-11-7-9-17(14-19)23-15-20(26)24-18-10-6-8-16(13-18)21(27)25-22(2,3)4/h5-11,13-14,23H,1,12,15H2,2-4H3,(H,24,26)(H,25,27). The number of carbonyl (C=O) groups excluding carboxylic acids is 2. The van der Waals surface area contributed by atoms with Gasteiger partial charge in [0.05, 0.1) is 6.54 Å². The zero-order valence-electron chi connectivity index (χ0n) is 16.5. The zero-order chi connectivity index (χ0) is 20.6. The summed E-state index contributed by atoms with van der Waals surface area (Å²) in [7, 11) is 0. The van der Waals surface area contributed by atoms with E-state index in [4.69, 9.17) is 4.74 Å². The molecule has 0 aliphatic carbocycles. The number of rotatable bonds is 8. The number of nitrogens with one attached hydrogen (secondary N) is 3. The van der Waals surface area contributed by atoms with Gasteiger partial charge in [-0.25, -0.2) is 0 Å². The van der Waals surface area contributed by atoms with Crippen molar-refractivity contribution in [2.24, 2.45) is 0 Å². The summed E-state index contributed by atoms with van der Waals surface area (Å²) in [5, 5.41) is 8.75. The number of benzene rings is 2. The first kappa shape index (κ1) is 21.0. The van der Waals surface area contributed by atoms with Gasteiger partial charge in [-0.15, -0.1) is 0 Å². The van der Waals surface area contributed by atoms with Crippen molar-refractivity contribution in [1.82, 2.24) is 5.32 Å². The molecule has 2 amide bonds. The van der Waals surface area contributed by atoms with E-state index < -0.39 is 0 Å². The molecule has 148 valence electrons. The summed E-state index contributed by atoms with van der Waals surface area (Å²) in [6, 6.07) is 14.2. The third-order valence-corrected chi connectivity index (χ3v) is 3.55. The van der Waals surface area contributed by atoms with Gasteiger partial charge in [-0.05, 0) is 51.1 Å². The third kappa shape index (κ3) is 7.15. The van der Waals surface area contributed by atoms with Crippen molar-refractivity contribution in [2.75, 3.05) is 23.8 Å². The molecule has 0 aliphatic rings. The maximum Gasteiger partial charge on any atom is 0.251 e. The summed E-state index contributed by atoms with van der Waals surface area (Å²) in [5.41, 5.74) is 1.50. The van der Waals surface area contributed by atoms with Crippen molar-refractivity contribution < 1.29 is 14.3 Å². The smallest absolute Gasteiger partial charge is 0.251 e. The van der Waals surface area contributed by atoms with Gasteiger partial charge < -0.3 is 20.7 Å². The van der Waals surface area contributed by atoms with Crippen molar-refractivity contribution >= 4 is 23.2 Å². The molecule has 0 unspecified atom stereocenters. The van der Waals surface area contributed by atoms with Gasteiger partial charge in [-0.2, -0.15) is 0 Å². The predicted octanol–water partition coefficient (Wildman–Crippen LogP) is 3.83. The fourth-order valence-corrected chi connectivity index (χ4v) is 2.39. The highest BCUT2D eigenvalue weighted by molar-refractivity contribution is 5.98. The van der Waals surface area contributed by atoms with Crippen LogP contribution in [0, 0.1) is 0 Å². The van der Waals surface area contributed by atoms with E-state index >= 15 is 0 Å². The van der Waals surface area contributed by atoms with Crippen LogP contribution in [0.2, 0.25) is 0 Å². The van der Waals surface area contributed by atoms with Crippen LogP contribution < -0.4 is 20.7 Å². The maximum absolute atomic E-state index is 12.3. The van der Waals surface area contributed by atoms with Crippen LogP contribution in [-0.2, 0) is 4.79 Å². The molecule has 0 aromatic heterocycles. The third-order valence-electron chi connectivity index (χ3n) is 3.55. The van der Waals surface area contributed by atoms with Gasteiger partial charge in [0.1, 0.15) is 12.4 Å². The number of carbonyl (C=O) groups is 2. The molecule has 6 heteroatoms. The first-order valence-corrected chi connectivity index (χ1v) is 9.07. The molecule has 0 aliphatic heterocycles. The molecule has 0 saturated heterocycles. The van der Waals surface area contributed by atoms with E-state index in [0.29, 0.717) is 23.6 Å². The molecule has 6 nitrogen and oxygen atoms in total. The number of hydrogen-bond donors (Lipinski definition) is 3. The van der Waals surface area contributed by atoms with E-state index in [-0.39, 0.29) is 23.9 Å². The van der Waals surface area contributed by atoms with Crippen LogP contribution in [-0.4, -0.2) is 30.5 Å². The van der Waals surface area contributed by atoms with E-state index in [1.54, 1.807) is 30.3 Å². The fraction of sp³-hybridized carbons (Fsp3) is 0.273. The summed E-state index contributed by atoms with van der Waals surface area (Å²) >= 11 is 0. The summed E-state index contributed by atoms with van der Waals surface area (Å²) in [5.74, 6) is 0.298. The molecule has 0 heterocycles. The van der Waals surface area contributed by atoms with Crippen LogP contribution in [0.1, 0.15) is 31.1 Å². The number of amides is 2. The van der Waals surface area contributed by atoms with E-state index in [9.17, 15) is 9.59 Å². The van der Waals surface area contributed by atoms with Gasteiger partial charge in [0.2, 0.25) is 5.91 Å². The van der Waals surface area contributed by atoms with Crippen molar-refractivity contribution in [3.63, 3.8) is 0 Å². The monoisotopic (exact) mass is 381 g/mol. The van der Waals surface area contributed by atoms with Crippen LogP contribution in [0.4, 0.5) is 11.4 Å². The number of hydrogen-bond acceptors (Lipinski definition) is 4. The summed E-state index contributed by atoms with van der Waals surface area (Å²) < 4.78 is 5.47. The Labute approximate surface area is 166 Å². The van der Waals surface area contributed by atoms with E-state index in [1.807, 2.05) is 45.0 Å². The highest BCUT2D eigenvalue weighted by atomic mass is 16.5. The van der Waals surface area contributed by atoms with Crippen molar-refractivity contribution in [3.05, 3.63) is 66.7 Å². The molecule has 2 aromatic carbocycles. The maximum atomic E-state index is 12.3. The highest BCUT2D eigenvalue weighted by Gasteiger charge is 2.15. The van der Waals surface area contributed by atoms with Gasteiger partial charge in [0.15, 0.2) is 0 Å². The van der Waals surface area contributed by atoms with Gasteiger partial charge >= 0.3 is 0 Å². The second-order valence-corrected chi connectivity index (χ2v) is 7.31. The minimum atomic E-state index is -0.329. The van der Waals surface area contributed by atoms with Crippen molar-refractivity contribution in [3.8, 4) is 5.75 Å². The Kier molecular flexibility index (Phi) is 7.21. The molecular weight excluding hydrogens is 354 g/mol. The molecule has 0 saturated carbocycles. The van der Waals surface area contributed by atoms with E-state index in [0.717, 1.165) is 5.69 Å². The highest BCUT2D eigenvalue weighted by Crippen LogP contribution is 2.17. The summed E-state index contributed by atoms with van der Waals surface area (Å²) in [6.45, 7) is 9.87. The topological polar surface area (TPSA) is 79.5 Å². The lowest BCUT2D eigenvalue weighted by Gasteiger charge is -2.20. The minimum absolute atomic E-state index is 0.0866. The first-order chi connectivity index (χ1) is 13.3. The Morgan fingerprint density at radius 2 is 1.79 bits per heavy atom. The second-order valence-electron chi connectivity index (χ2n) is 7.31. The second kappa shape index (κ2) is 9.60. The molecule has 28 heavy (non-hydrogen) atoms. The lowest BCUT2D eigenvalue weighted by molar-refractivity contribution is -0.114. The van der Waals surface area contributed by atoms with Gasteiger partial charge in [0, 0.05) is 28.5 Å². The Balaban J connectivity index is 1.92. The quantitative estimate of drug-likeness (QED) is 0.607. The van der Waals surface area contributed by atoms with Crippen LogP contribution in [0.5, 0.6) is 5.75 Å². The average Bonchev–Trinajstić information content (AvgIpc) is 2.64. The lowest BCUT2D eigenvalue weighted by atomic mass is 10.1. The van der Waals surface area contributed by atoms with E-state index in [1.165, 1.54) is 0 Å². The van der Waals surface area contributed by atoms with Gasteiger partial charge in [0.25, 0.3) is 5.91 Å². The number of ether oxygens (including phenoxy) is 1. The summed E-state index contributed by atoms with van der Waals surface area (Å²) in [6.07, 6.45) is 1.67. The van der Waals surface area contributed by atoms with E-state index in [2.05, 4.69) is 22.5 Å². The molecule has 2 rings (SSSR count). The molecule has 0 fully saturated rings. The first-order valence-electron chi connectivity index (χ1n) is 9.07. The van der Waals surface area contributed by atoms with Crippen LogP contribution in [0.15, 0.2) is 61.2 Å². The van der Waals surface area contributed by atoms with Crippen LogP contribution >= 0.6 is 0 Å². The Morgan fingerprint density at radius 3 is 2.50 bits per heavy atom. The Morgan fingerprint density at radius 1 is 1.07 bits per heavy atom. The molecule has 0 bridgehead atoms. The predicted molar refractivity (Wildman–Crippen MR) is 113 cm³/mol. The zero-order valence-corrected chi connectivity index (χ0v) is 16.5. The Hall–Kier alpha value is -3.28. The van der Waals surface area contributed by atoms with Crippen molar-refractivity contribution in [1.29, 1.82) is 0 Å². The van der Waals surface area contributed by atoms with Crippen LogP contribution in [0.3, 0.4) is 0 Å². The molecule has 0 atom stereocenters.